The second kappa shape index (κ2) is 5.04. The van der Waals surface area contributed by atoms with E-state index in [0.29, 0.717) is 16.7 Å². The third-order valence-corrected chi connectivity index (χ3v) is 3.98. The number of nitrogen functional groups attached to an aromatic ring is 2. The van der Waals surface area contributed by atoms with E-state index in [-0.39, 0.29) is 5.82 Å². The largest absolute Gasteiger partial charge is 0.394 e. The van der Waals surface area contributed by atoms with Gasteiger partial charge >= 0.3 is 0 Å². The van der Waals surface area contributed by atoms with Gasteiger partial charge in [-0.15, -0.1) is 0 Å². The van der Waals surface area contributed by atoms with Crippen LogP contribution in [0.3, 0.4) is 0 Å². The molecule has 22 heavy (non-hydrogen) atoms. The van der Waals surface area contributed by atoms with Crippen LogP contribution in [0.25, 0.3) is 11.0 Å². The Balaban J connectivity index is 2.17. The first-order valence-electron chi connectivity index (χ1n) is 6.66. The van der Waals surface area contributed by atoms with Crippen LogP contribution in [0, 0.1) is 0 Å². The number of hydrogen-bond acceptors (Lipinski definition) is 9. The summed E-state index contributed by atoms with van der Waals surface area (Å²) >= 11 is 0. The van der Waals surface area contributed by atoms with Gasteiger partial charge in [0, 0.05) is 6.20 Å². The Morgan fingerprint density at radius 2 is 2.23 bits per heavy atom. The maximum atomic E-state index is 10.6. The van der Waals surface area contributed by atoms with Gasteiger partial charge < -0.3 is 35.8 Å². The summed E-state index contributed by atoms with van der Waals surface area (Å²) in [5.74, 6) is 5.69. The number of ether oxygens (including phenoxy) is 1. The second-order valence-electron chi connectivity index (χ2n) is 5.43. The molecule has 4 atom stereocenters. The first-order valence-corrected chi connectivity index (χ1v) is 6.66. The first kappa shape index (κ1) is 14.9. The molecule has 8 N–H and O–H groups in total. The van der Waals surface area contributed by atoms with Crippen molar-refractivity contribution in [3.05, 3.63) is 12.5 Å². The van der Waals surface area contributed by atoms with Crippen molar-refractivity contribution in [1.82, 2.24) is 14.5 Å². The summed E-state index contributed by atoms with van der Waals surface area (Å²) in [6, 6.07) is 0. The molecule has 1 saturated heterocycles. The Kier molecular flexibility index (Phi) is 3.42. The van der Waals surface area contributed by atoms with Crippen molar-refractivity contribution in [3.63, 3.8) is 0 Å². The van der Waals surface area contributed by atoms with Gasteiger partial charge in [-0.2, -0.15) is 0 Å². The molecule has 0 radical (unpaired) electrons. The molecule has 2 aromatic heterocycles. The summed E-state index contributed by atoms with van der Waals surface area (Å²) < 4.78 is 7.07. The molecule has 1 aliphatic heterocycles. The maximum absolute atomic E-state index is 10.6. The predicted molar refractivity (Wildman–Crippen MR) is 77.4 cm³/mol. The Morgan fingerprint density at radius 3 is 2.82 bits per heavy atom. The smallest absolute Gasteiger partial charge is 0.167 e. The van der Waals surface area contributed by atoms with Crippen LogP contribution in [-0.4, -0.2) is 54.3 Å². The third kappa shape index (κ3) is 1.93. The van der Waals surface area contributed by atoms with Crippen molar-refractivity contribution in [1.29, 1.82) is 0 Å². The molecule has 0 bridgehead atoms. The van der Waals surface area contributed by atoms with Gasteiger partial charge in [0.1, 0.15) is 35.6 Å². The highest BCUT2D eigenvalue weighted by Crippen LogP contribution is 2.41. The number of rotatable bonds is 3. The average Bonchev–Trinajstić information content (AvgIpc) is 2.97. The zero-order chi connectivity index (χ0) is 16.1. The third-order valence-electron chi connectivity index (χ3n) is 3.98. The van der Waals surface area contributed by atoms with Crippen LogP contribution >= 0.6 is 0 Å². The van der Waals surface area contributed by atoms with Gasteiger partial charge in [0.05, 0.1) is 17.7 Å². The van der Waals surface area contributed by atoms with Crippen molar-refractivity contribution in [2.45, 2.75) is 31.0 Å². The number of aliphatic hydroxyl groups is 3. The summed E-state index contributed by atoms with van der Waals surface area (Å²) in [5.41, 5.74) is 7.53. The molecule has 120 valence electrons. The highest BCUT2D eigenvalue weighted by molar-refractivity contribution is 5.98. The lowest BCUT2D eigenvalue weighted by Gasteiger charge is -2.27. The van der Waals surface area contributed by atoms with Crippen molar-refractivity contribution in [2.24, 2.45) is 5.84 Å². The fourth-order valence-electron chi connectivity index (χ4n) is 2.79. The Labute approximate surface area is 125 Å². The van der Waals surface area contributed by atoms with Crippen LogP contribution in [0.1, 0.15) is 13.2 Å². The molecule has 0 aliphatic carbocycles. The van der Waals surface area contributed by atoms with Gasteiger partial charge in [-0.3, -0.25) is 5.84 Å². The molecule has 10 nitrogen and oxygen atoms in total. The number of aliphatic hydroxyl groups excluding tert-OH is 2. The Morgan fingerprint density at radius 1 is 1.50 bits per heavy atom. The second-order valence-corrected chi connectivity index (χ2v) is 5.43. The molecule has 0 amide bonds. The van der Waals surface area contributed by atoms with Gasteiger partial charge in [0.25, 0.3) is 0 Å². The summed E-state index contributed by atoms with van der Waals surface area (Å²) in [6.07, 6.45) is -0.308. The zero-order valence-corrected chi connectivity index (χ0v) is 11.8. The molecule has 0 aromatic carbocycles. The lowest BCUT2D eigenvalue weighted by molar-refractivity contribution is -0.0947. The van der Waals surface area contributed by atoms with Gasteiger partial charge in [0.15, 0.2) is 6.23 Å². The van der Waals surface area contributed by atoms with Crippen LogP contribution in [0.5, 0.6) is 0 Å². The van der Waals surface area contributed by atoms with Crippen LogP contribution in [0.15, 0.2) is 12.5 Å². The summed E-state index contributed by atoms with van der Waals surface area (Å²) in [4.78, 5) is 8.04. The van der Waals surface area contributed by atoms with Crippen molar-refractivity contribution in [2.75, 3.05) is 17.8 Å². The van der Waals surface area contributed by atoms with E-state index >= 15 is 0 Å². The molecule has 10 heteroatoms. The van der Waals surface area contributed by atoms with E-state index in [1.807, 2.05) is 0 Å². The zero-order valence-electron chi connectivity index (χ0n) is 11.8. The summed E-state index contributed by atoms with van der Waals surface area (Å²) in [6.45, 7) is 0.996. The number of nitrogens with one attached hydrogen (secondary N) is 1. The number of aromatic nitrogens is 3. The fourth-order valence-corrected chi connectivity index (χ4v) is 2.79. The lowest BCUT2D eigenvalue weighted by Crippen LogP contribution is -2.44. The molecule has 1 aliphatic rings. The molecule has 2 aromatic rings. The summed E-state index contributed by atoms with van der Waals surface area (Å²) in [5, 5.41) is 30.4. The van der Waals surface area contributed by atoms with Gasteiger partial charge in [0.2, 0.25) is 0 Å². The fraction of sp³-hybridized carbons (Fsp3) is 0.500. The summed E-state index contributed by atoms with van der Waals surface area (Å²) in [7, 11) is 0. The highest BCUT2D eigenvalue weighted by atomic mass is 16.6. The average molecular weight is 310 g/mol. The van der Waals surface area contributed by atoms with Gasteiger partial charge in [-0.05, 0) is 6.92 Å². The van der Waals surface area contributed by atoms with Crippen LogP contribution < -0.4 is 17.0 Å². The topological polar surface area (TPSA) is 165 Å². The van der Waals surface area contributed by atoms with E-state index in [1.54, 1.807) is 6.20 Å². The lowest BCUT2D eigenvalue weighted by atomic mass is 9.96. The minimum absolute atomic E-state index is 0.216. The van der Waals surface area contributed by atoms with Crippen LogP contribution in [0.4, 0.5) is 11.5 Å². The molecule has 1 fully saturated rings. The molecule has 3 rings (SSSR count). The number of fused-ring (bicyclic) bond motifs is 1. The molecule has 0 unspecified atom stereocenters. The van der Waals surface area contributed by atoms with E-state index < -0.39 is 30.6 Å². The number of nitrogens with zero attached hydrogens (tertiary/aromatic N) is 3. The Bertz CT molecular complexity index is 702. The SMILES string of the molecule is C[C@@]1(O)[C@H](O)[C@@H](CO)O[C@H]1n1cc(NN)c2c(N)ncnc21. The molecular formula is C12H18N6O4. The number of anilines is 2. The van der Waals surface area contributed by atoms with Crippen molar-refractivity contribution in [3.8, 4) is 0 Å². The molecular weight excluding hydrogens is 292 g/mol. The maximum Gasteiger partial charge on any atom is 0.167 e. The van der Waals surface area contributed by atoms with Crippen LogP contribution in [0.2, 0.25) is 0 Å². The number of hydrazine groups is 1. The first-order chi connectivity index (χ1) is 10.4. The van der Waals surface area contributed by atoms with Crippen LogP contribution in [-0.2, 0) is 4.74 Å². The predicted octanol–water partition coefficient (Wildman–Crippen LogP) is -1.70. The van der Waals surface area contributed by atoms with Gasteiger partial charge in [-0.1, -0.05) is 0 Å². The number of hydrogen-bond donors (Lipinski definition) is 6. The minimum atomic E-state index is -1.63. The monoisotopic (exact) mass is 310 g/mol. The quantitative estimate of drug-likeness (QED) is 0.286. The molecule has 0 spiro atoms. The van der Waals surface area contributed by atoms with E-state index in [4.69, 9.17) is 16.3 Å². The minimum Gasteiger partial charge on any atom is -0.394 e. The standard InChI is InChI=1S/C12H18N6O4/c1-12(21)8(20)6(3-19)22-11(12)18-2-5(17-14)7-9(13)15-4-16-10(7)18/h2,4,6,8,11,17,19-21H,3,14H2,1H3,(H2,13,15,16)/t6-,8-,11-,12-/m1/s1. The number of nitrogens with two attached hydrogens (primary N) is 2. The van der Waals surface area contributed by atoms with Gasteiger partial charge in [-0.25, -0.2) is 9.97 Å². The van der Waals surface area contributed by atoms with E-state index in [9.17, 15) is 15.3 Å². The van der Waals surface area contributed by atoms with Crippen molar-refractivity contribution < 1.29 is 20.1 Å². The van der Waals surface area contributed by atoms with Crippen molar-refractivity contribution >= 4 is 22.5 Å². The van der Waals surface area contributed by atoms with E-state index in [2.05, 4.69) is 15.4 Å². The molecule has 0 saturated carbocycles. The normalized spacial score (nSPS) is 31.8. The van der Waals surface area contributed by atoms with E-state index in [0.717, 1.165) is 0 Å². The highest BCUT2D eigenvalue weighted by Gasteiger charge is 2.53. The molecule has 3 heterocycles. The Hall–Kier alpha value is -1.98. The van der Waals surface area contributed by atoms with E-state index in [1.165, 1.54) is 17.8 Å².